The van der Waals surface area contributed by atoms with Crippen molar-refractivity contribution in [1.82, 2.24) is 0 Å². The fraction of sp³-hybridized carbons (Fsp3) is 0.231. The molecule has 0 aliphatic heterocycles. The Morgan fingerprint density at radius 1 is 1.32 bits per heavy atom. The molecule has 0 aliphatic rings. The maximum absolute atomic E-state index is 12.3. The molecule has 1 aromatic heterocycles. The molecule has 0 amide bonds. The van der Waals surface area contributed by atoms with Crippen LogP contribution in [0.5, 0.6) is 0 Å². The summed E-state index contributed by atoms with van der Waals surface area (Å²) in [6, 6.07) is 9.07. The summed E-state index contributed by atoms with van der Waals surface area (Å²) in [5.41, 5.74) is 1.70. The summed E-state index contributed by atoms with van der Waals surface area (Å²) in [5.74, 6) is 0. The van der Waals surface area contributed by atoms with Crippen LogP contribution in [0, 0.1) is 6.92 Å². The number of halogens is 1. The van der Waals surface area contributed by atoms with E-state index in [-0.39, 0.29) is 0 Å². The summed E-state index contributed by atoms with van der Waals surface area (Å²) in [7, 11) is -3.52. The monoisotopic (exact) mass is 359 g/mol. The molecule has 0 atom stereocenters. The van der Waals surface area contributed by atoms with Crippen molar-refractivity contribution >= 4 is 43.0 Å². The van der Waals surface area contributed by atoms with Gasteiger partial charge in [0.05, 0.1) is 3.79 Å². The zero-order chi connectivity index (χ0) is 14.0. The Morgan fingerprint density at radius 2 is 2.05 bits per heavy atom. The van der Waals surface area contributed by atoms with Crippen molar-refractivity contribution in [2.75, 3.05) is 4.72 Å². The third kappa shape index (κ3) is 3.38. The van der Waals surface area contributed by atoms with Crippen molar-refractivity contribution in [1.29, 1.82) is 0 Å². The van der Waals surface area contributed by atoms with Crippen LogP contribution < -0.4 is 4.72 Å². The highest BCUT2D eigenvalue weighted by molar-refractivity contribution is 9.11. The lowest BCUT2D eigenvalue weighted by molar-refractivity contribution is 0.601. The van der Waals surface area contributed by atoms with Crippen LogP contribution in [0.25, 0.3) is 0 Å². The standard InChI is InChI=1S/C13H14BrNO2S2/c1-3-10-5-4-6-11(7-10)15-19(16,17)12-8-13(14)18-9(12)2/h4-8,15H,3H2,1-2H3. The predicted molar refractivity (Wildman–Crippen MR) is 83.4 cm³/mol. The maximum Gasteiger partial charge on any atom is 0.263 e. The molecule has 1 N–H and O–H groups in total. The number of hydrogen-bond donors (Lipinski definition) is 1. The highest BCUT2D eigenvalue weighted by atomic mass is 79.9. The van der Waals surface area contributed by atoms with Crippen molar-refractivity contribution in [3.8, 4) is 0 Å². The van der Waals surface area contributed by atoms with Crippen molar-refractivity contribution in [2.24, 2.45) is 0 Å². The first-order valence-electron chi connectivity index (χ1n) is 5.80. The second kappa shape index (κ2) is 5.64. The molecule has 0 radical (unpaired) electrons. The van der Waals surface area contributed by atoms with Crippen LogP contribution in [0.15, 0.2) is 39.0 Å². The molecule has 0 bridgehead atoms. The van der Waals surface area contributed by atoms with Crippen LogP contribution in [0.4, 0.5) is 5.69 Å². The Bertz CT molecular complexity index is 692. The third-order valence-corrected chi connectivity index (χ3v) is 5.91. The van der Waals surface area contributed by atoms with E-state index in [0.717, 1.165) is 20.6 Å². The normalized spacial score (nSPS) is 11.5. The van der Waals surface area contributed by atoms with E-state index in [1.54, 1.807) is 19.1 Å². The lowest BCUT2D eigenvalue weighted by Crippen LogP contribution is -2.13. The van der Waals surface area contributed by atoms with Crippen LogP contribution >= 0.6 is 27.3 Å². The van der Waals surface area contributed by atoms with Gasteiger partial charge >= 0.3 is 0 Å². The summed E-state index contributed by atoms with van der Waals surface area (Å²) in [4.78, 5) is 1.09. The molecule has 6 heteroatoms. The Labute approximate surface area is 125 Å². The van der Waals surface area contributed by atoms with Gasteiger partial charge < -0.3 is 0 Å². The lowest BCUT2D eigenvalue weighted by Gasteiger charge is -2.08. The van der Waals surface area contributed by atoms with Crippen LogP contribution in [-0.4, -0.2) is 8.42 Å². The first-order chi connectivity index (χ1) is 8.92. The van der Waals surface area contributed by atoms with E-state index in [1.807, 2.05) is 25.1 Å². The molecular formula is C13H14BrNO2S2. The van der Waals surface area contributed by atoms with Crippen LogP contribution in [-0.2, 0) is 16.4 Å². The van der Waals surface area contributed by atoms with Gasteiger partial charge in [-0.25, -0.2) is 8.42 Å². The Morgan fingerprint density at radius 3 is 2.63 bits per heavy atom. The molecule has 102 valence electrons. The smallest absolute Gasteiger partial charge is 0.263 e. The van der Waals surface area contributed by atoms with Gasteiger partial charge in [-0.05, 0) is 53.0 Å². The largest absolute Gasteiger partial charge is 0.280 e. The Hall–Kier alpha value is -0.850. The number of aryl methyl sites for hydroxylation is 2. The van der Waals surface area contributed by atoms with E-state index in [0.29, 0.717) is 10.6 Å². The minimum atomic E-state index is -3.52. The number of hydrogen-bond acceptors (Lipinski definition) is 3. The summed E-state index contributed by atoms with van der Waals surface area (Å²) >= 11 is 4.72. The van der Waals surface area contributed by atoms with Crippen molar-refractivity contribution in [2.45, 2.75) is 25.2 Å². The highest BCUT2D eigenvalue weighted by Gasteiger charge is 2.19. The molecule has 2 rings (SSSR count). The van der Waals surface area contributed by atoms with E-state index >= 15 is 0 Å². The zero-order valence-corrected chi connectivity index (χ0v) is 13.8. The fourth-order valence-electron chi connectivity index (χ4n) is 1.76. The third-order valence-electron chi connectivity index (χ3n) is 2.72. The van der Waals surface area contributed by atoms with Gasteiger partial charge in [0.15, 0.2) is 0 Å². The Balaban J connectivity index is 2.33. The molecule has 0 spiro atoms. The average molecular weight is 360 g/mol. The second-order valence-electron chi connectivity index (χ2n) is 4.13. The second-order valence-corrected chi connectivity index (χ2v) is 8.42. The molecular weight excluding hydrogens is 346 g/mol. The van der Waals surface area contributed by atoms with Gasteiger partial charge in [0.25, 0.3) is 10.0 Å². The van der Waals surface area contributed by atoms with E-state index in [2.05, 4.69) is 20.7 Å². The SMILES string of the molecule is CCc1cccc(NS(=O)(=O)c2cc(Br)sc2C)c1. The minimum absolute atomic E-state index is 0.325. The van der Waals surface area contributed by atoms with Crippen molar-refractivity contribution in [3.05, 3.63) is 44.6 Å². The summed E-state index contributed by atoms with van der Waals surface area (Å²) in [6.45, 7) is 3.83. The average Bonchev–Trinajstić information content (AvgIpc) is 2.69. The van der Waals surface area contributed by atoms with Crippen molar-refractivity contribution < 1.29 is 8.42 Å². The number of nitrogens with one attached hydrogen (secondary N) is 1. The van der Waals surface area contributed by atoms with E-state index < -0.39 is 10.0 Å². The maximum atomic E-state index is 12.3. The molecule has 0 fully saturated rings. The van der Waals surface area contributed by atoms with E-state index in [1.165, 1.54) is 11.3 Å². The molecule has 1 heterocycles. The van der Waals surface area contributed by atoms with Gasteiger partial charge in [-0.3, -0.25) is 4.72 Å². The molecule has 0 saturated heterocycles. The number of thiophene rings is 1. The quantitative estimate of drug-likeness (QED) is 0.889. The number of anilines is 1. The topological polar surface area (TPSA) is 46.2 Å². The van der Waals surface area contributed by atoms with Crippen LogP contribution in [0.2, 0.25) is 0 Å². The van der Waals surface area contributed by atoms with Gasteiger partial charge in [0.2, 0.25) is 0 Å². The van der Waals surface area contributed by atoms with Gasteiger partial charge in [0.1, 0.15) is 4.90 Å². The van der Waals surface area contributed by atoms with Gasteiger partial charge in [-0.15, -0.1) is 11.3 Å². The number of rotatable bonds is 4. The summed E-state index contributed by atoms with van der Waals surface area (Å²) < 4.78 is 28.1. The lowest BCUT2D eigenvalue weighted by atomic mass is 10.1. The molecule has 19 heavy (non-hydrogen) atoms. The molecule has 3 nitrogen and oxygen atoms in total. The van der Waals surface area contributed by atoms with Gasteiger partial charge in [-0.1, -0.05) is 19.1 Å². The van der Waals surface area contributed by atoms with Crippen LogP contribution in [0.1, 0.15) is 17.4 Å². The number of benzene rings is 1. The first kappa shape index (κ1) is 14.6. The van der Waals surface area contributed by atoms with Crippen molar-refractivity contribution in [3.63, 3.8) is 0 Å². The zero-order valence-electron chi connectivity index (χ0n) is 10.6. The Kier molecular flexibility index (Phi) is 4.32. The van der Waals surface area contributed by atoms with Gasteiger partial charge in [-0.2, -0.15) is 0 Å². The molecule has 0 unspecified atom stereocenters. The minimum Gasteiger partial charge on any atom is -0.280 e. The molecule has 2 aromatic rings. The van der Waals surface area contributed by atoms with Gasteiger partial charge in [0, 0.05) is 10.6 Å². The fourth-order valence-corrected chi connectivity index (χ4v) is 5.23. The number of sulfonamides is 1. The first-order valence-corrected chi connectivity index (χ1v) is 8.89. The van der Waals surface area contributed by atoms with E-state index in [4.69, 9.17) is 0 Å². The summed E-state index contributed by atoms with van der Waals surface area (Å²) in [6.07, 6.45) is 0.874. The van der Waals surface area contributed by atoms with Crippen LogP contribution in [0.3, 0.4) is 0 Å². The molecule has 0 aliphatic carbocycles. The molecule has 0 saturated carbocycles. The predicted octanol–water partition coefficient (Wildman–Crippen LogP) is 4.18. The molecule has 1 aromatic carbocycles. The highest BCUT2D eigenvalue weighted by Crippen LogP contribution is 2.30. The summed E-state index contributed by atoms with van der Waals surface area (Å²) in [5, 5.41) is 0. The van der Waals surface area contributed by atoms with E-state index in [9.17, 15) is 8.42 Å².